The molecule has 0 fully saturated rings. The summed E-state index contributed by atoms with van der Waals surface area (Å²) >= 11 is 2.76. The zero-order chi connectivity index (χ0) is 23.2. The second-order valence-electron chi connectivity index (χ2n) is 7.44. The van der Waals surface area contributed by atoms with Gasteiger partial charge in [0, 0.05) is 17.5 Å². The number of nitrogens with zero attached hydrogens (tertiary/aromatic N) is 4. The molecule has 0 bridgehead atoms. The van der Waals surface area contributed by atoms with Crippen LogP contribution in [0.4, 0.5) is 5.13 Å². The van der Waals surface area contributed by atoms with Gasteiger partial charge in [0.2, 0.25) is 5.91 Å². The smallest absolute Gasteiger partial charge is 0.236 e. The molecular formula is C24H25N5O2S2. The molecule has 0 saturated carbocycles. The van der Waals surface area contributed by atoms with Gasteiger partial charge >= 0.3 is 0 Å². The van der Waals surface area contributed by atoms with Crippen LogP contribution < -0.4 is 10.1 Å². The maximum atomic E-state index is 12.5. The number of anilines is 1. The number of nitrogens with one attached hydrogen (secondary N) is 1. The molecule has 0 unspecified atom stereocenters. The van der Waals surface area contributed by atoms with E-state index in [9.17, 15) is 4.79 Å². The molecule has 0 aliphatic rings. The zero-order valence-electron chi connectivity index (χ0n) is 18.7. The largest absolute Gasteiger partial charge is 0.485 e. The van der Waals surface area contributed by atoms with Crippen LogP contribution in [0.3, 0.4) is 0 Å². The van der Waals surface area contributed by atoms with Gasteiger partial charge in [0.1, 0.15) is 12.4 Å². The lowest BCUT2D eigenvalue weighted by Crippen LogP contribution is -2.14. The Morgan fingerprint density at radius 3 is 2.67 bits per heavy atom. The van der Waals surface area contributed by atoms with Crippen molar-refractivity contribution in [1.82, 2.24) is 19.7 Å². The SMILES string of the molecule is CCn1c(COc2ccccc2C)nnc1SCC(=O)Nc1nc(-c2ccc(C)cc2)cs1. The molecule has 2 heterocycles. The number of thiazole rings is 1. The fourth-order valence-corrected chi connectivity index (χ4v) is 4.74. The molecule has 4 aromatic rings. The second-order valence-corrected chi connectivity index (χ2v) is 9.24. The molecule has 0 radical (unpaired) electrons. The number of aryl methyl sites for hydroxylation is 2. The Bertz CT molecular complexity index is 1230. The Kier molecular flexibility index (Phi) is 7.41. The molecule has 170 valence electrons. The Hall–Kier alpha value is -3.17. The summed E-state index contributed by atoms with van der Waals surface area (Å²) in [5.74, 6) is 1.64. The summed E-state index contributed by atoms with van der Waals surface area (Å²) < 4.78 is 7.88. The van der Waals surface area contributed by atoms with Crippen LogP contribution >= 0.6 is 23.1 Å². The van der Waals surface area contributed by atoms with Gasteiger partial charge in [-0.1, -0.05) is 59.8 Å². The minimum absolute atomic E-state index is 0.131. The third kappa shape index (κ3) is 5.80. The molecular weight excluding hydrogens is 454 g/mol. The summed E-state index contributed by atoms with van der Waals surface area (Å²) in [6, 6.07) is 16.0. The summed E-state index contributed by atoms with van der Waals surface area (Å²) in [7, 11) is 0. The molecule has 0 spiro atoms. The number of thioether (sulfide) groups is 1. The lowest BCUT2D eigenvalue weighted by Gasteiger charge is -2.10. The van der Waals surface area contributed by atoms with Crippen LogP contribution in [-0.4, -0.2) is 31.4 Å². The Morgan fingerprint density at radius 2 is 1.91 bits per heavy atom. The normalized spacial score (nSPS) is 10.9. The van der Waals surface area contributed by atoms with E-state index in [2.05, 4.69) is 20.5 Å². The summed E-state index contributed by atoms with van der Waals surface area (Å²) in [5.41, 5.74) is 4.15. The number of ether oxygens (including phenoxy) is 1. The third-order valence-electron chi connectivity index (χ3n) is 4.99. The minimum Gasteiger partial charge on any atom is -0.485 e. The molecule has 1 amide bonds. The lowest BCUT2D eigenvalue weighted by atomic mass is 10.1. The number of hydrogen-bond acceptors (Lipinski definition) is 7. The number of para-hydroxylation sites is 1. The molecule has 33 heavy (non-hydrogen) atoms. The molecule has 2 aromatic heterocycles. The van der Waals surface area contributed by atoms with Crippen molar-refractivity contribution in [2.75, 3.05) is 11.1 Å². The topological polar surface area (TPSA) is 81.9 Å². The van der Waals surface area contributed by atoms with Crippen LogP contribution in [0.5, 0.6) is 5.75 Å². The van der Waals surface area contributed by atoms with Gasteiger partial charge in [-0.25, -0.2) is 4.98 Å². The van der Waals surface area contributed by atoms with Gasteiger partial charge in [0.05, 0.1) is 11.4 Å². The minimum atomic E-state index is -0.131. The van der Waals surface area contributed by atoms with Crippen molar-refractivity contribution in [2.24, 2.45) is 0 Å². The van der Waals surface area contributed by atoms with Crippen molar-refractivity contribution in [3.63, 3.8) is 0 Å². The predicted molar refractivity (Wildman–Crippen MR) is 133 cm³/mol. The summed E-state index contributed by atoms with van der Waals surface area (Å²) in [4.78, 5) is 17.0. The predicted octanol–water partition coefficient (Wildman–Crippen LogP) is 5.35. The zero-order valence-corrected chi connectivity index (χ0v) is 20.4. The molecule has 4 rings (SSSR count). The fourth-order valence-electron chi connectivity index (χ4n) is 3.18. The first-order valence-corrected chi connectivity index (χ1v) is 12.5. The van der Waals surface area contributed by atoms with Gasteiger partial charge in [-0.05, 0) is 32.4 Å². The summed E-state index contributed by atoms with van der Waals surface area (Å²) in [5, 5.41) is 14.6. The molecule has 0 saturated heterocycles. The summed E-state index contributed by atoms with van der Waals surface area (Å²) in [6.07, 6.45) is 0. The quantitative estimate of drug-likeness (QED) is 0.326. The average molecular weight is 480 g/mol. The van der Waals surface area contributed by atoms with E-state index in [1.54, 1.807) is 0 Å². The number of carbonyl (C=O) groups is 1. The lowest BCUT2D eigenvalue weighted by molar-refractivity contribution is -0.113. The maximum absolute atomic E-state index is 12.5. The Balaban J connectivity index is 1.33. The van der Waals surface area contributed by atoms with E-state index in [-0.39, 0.29) is 11.7 Å². The van der Waals surface area contributed by atoms with Crippen LogP contribution in [0.25, 0.3) is 11.3 Å². The van der Waals surface area contributed by atoms with Crippen LogP contribution in [0.1, 0.15) is 23.9 Å². The monoisotopic (exact) mass is 479 g/mol. The van der Waals surface area contributed by atoms with E-state index >= 15 is 0 Å². The number of benzene rings is 2. The fraction of sp³-hybridized carbons (Fsp3) is 0.250. The Labute approximate surface area is 201 Å². The van der Waals surface area contributed by atoms with E-state index in [4.69, 9.17) is 4.74 Å². The molecule has 2 aromatic carbocycles. The van der Waals surface area contributed by atoms with E-state index in [0.29, 0.717) is 23.4 Å². The maximum Gasteiger partial charge on any atom is 0.236 e. The van der Waals surface area contributed by atoms with Crippen molar-refractivity contribution in [3.05, 3.63) is 70.9 Å². The first-order chi connectivity index (χ1) is 16.0. The molecule has 0 aliphatic carbocycles. The summed E-state index contributed by atoms with van der Waals surface area (Å²) in [6.45, 7) is 7.09. The highest BCUT2D eigenvalue weighted by molar-refractivity contribution is 7.99. The second kappa shape index (κ2) is 10.6. The van der Waals surface area contributed by atoms with Crippen molar-refractivity contribution < 1.29 is 9.53 Å². The van der Waals surface area contributed by atoms with Gasteiger partial charge in [-0.3, -0.25) is 4.79 Å². The first kappa shape index (κ1) is 23.0. The Morgan fingerprint density at radius 1 is 1.12 bits per heavy atom. The molecule has 9 heteroatoms. The first-order valence-electron chi connectivity index (χ1n) is 10.6. The van der Waals surface area contributed by atoms with E-state index in [1.165, 1.54) is 28.7 Å². The highest BCUT2D eigenvalue weighted by Crippen LogP contribution is 2.26. The van der Waals surface area contributed by atoms with Crippen molar-refractivity contribution in [2.45, 2.75) is 39.1 Å². The van der Waals surface area contributed by atoms with Gasteiger partial charge in [-0.15, -0.1) is 21.5 Å². The number of carbonyl (C=O) groups excluding carboxylic acids is 1. The van der Waals surface area contributed by atoms with Gasteiger partial charge in [-0.2, -0.15) is 0 Å². The third-order valence-corrected chi connectivity index (χ3v) is 6.71. The standard InChI is InChI=1S/C24H25N5O2S2/c1-4-29-21(13-31-20-8-6-5-7-17(20)3)27-28-24(29)33-15-22(30)26-23-25-19(14-32-23)18-11-9-16(2)10-12-18/h5-12,14H,4,13,15H2,1-3H3,(H,25,26,30). The van der Waals surface area contributed by atoms with E-state index < -0.39 is 0 Å². The molecule has 0 aliphatic heterocycles. The van der Waals surface area contributed by atoms with Crippen LogP contribution in [0.15, 0.2) is 59.1 Å². The highest BCUT2D eigenvalue weighted by Gasteiger charge is 2.15. The number of aromatic nitrogens is 4. The van der Waals surface area contributed by atoms with Gasteiger partial charge in [0.15, 0.2) is 16.1 Å². The van der Waals surface area contributed by atoms with Crippen molar-refractivity contribution >= 4 is 34.1 Å². The number of rotatable bonds is 9. The molecule has 1 N–H and O–H groups in total. The van der Waals surface area contributed by atoms with Crippen LogP contribution in [-0.2, 0) is 17.9 Å². The van der Waals surface area contributed by atoms with Crippen molar-refractivity contribution in [3.8, 4) is 17.0 Å². The van der Waals surface area contributed by atoms with Crippen LogP contribution in [0, 0.1) is 13.8 Å². The van der Waals surface area contributed by atoms with E-state index in [0.717, 1.165) is 28.4 Å². The number of hydrogen-bond donors (Lipinski definition) is 1. The molecule has 7 nitrogen and oxygen atoms in total. The van der Waals surface area contributed by atoms with E-state index in [1.807, 2.05) is 79.2 Å². The molecule has 0 atom stereocenters. The van der Waals surface area contributed by atoms with Crippen molar-refractivity contribution in [1.29, 1.82) is 0 Å². The number of amides is 1. The van der Waals surface area contributed by atoms with Gasteiger partial charge in [0.25, 0.3) is 0 Å². The van der Waals surface area contributed by atoms with Crippen LogP contribution in [0.2, 0.25) is 0 Å². The highest BCUT2D eigenvalue weighted by atomic mass is 32.2. The average Bonchev–Trinajstić information content (AvgIpc) is 3.44. The van der Waals surface area contributed by atoms with Gasteiger partial charge < -0.3 is 14.6 Å².